The number of hydrogen-bond donors (Lipinski definition) is 1. The average molecular weight is 525 g/mol. The van der Waals surface area contributed by atoms with E-state index in [0.717, 1.165) is 0 Å². The van der Waals surface area contributed by atoms with Crippen LogP contribution in [0.25, 0.3) is 16.0 Å². The second-order valence-corrected chi connectivity index (χ2v) is 11.5. The largest absolute Gasteiger partial charge is 0.369 e. The summed E-state index contributed by atoms with van der Waals surface area (Å²) in [5, 5.41) is 21.0. The molecule has 5 rings (SSSR count). The van der Waals surface area contributed by atoms with Crippen molar-refractivity contribution in [3.8, 4) is 11.2 Å². The molecule has 11 nitrogen and oxygen atoms in total. The minimum atomic E-state index is -4.10. The zero-order valence-corrected chi connectivity index (χ0v) is 20.3. The Morgan fingerprint density at radius 1 is 1.34 bits per heavy atom. The summed E-state index contributed by atoms with van der Waals surface area (Å²) >= 11 is 0.648. The number of fused-ring (bicyclic) bond motifs is 1. The Bertz CT molecular complexity index is 1470. The predicted octanol–water partition coefficient (Wildman–Crippen LogP) is 1.92. The van der Waals surface area contributed by atoms with Gasteiger partial charge in [0.1, 0.15) is 5.54 Å². The maximum Gasteiger partial charge on any atom is 0.291 e. The topological polar surface area (TPSA) is 137 Å². The average Bonchev–Trinajstić information content (AvgIpc) is 3.18. The first-order chi connectivity index (χ1) is 16.5. The Labute approximate surface area is 204 Å². The summed E-state index contributed by atoms with van der Waals surface area (Å²) in [7, 11) is -0.753. The van der Waals surface area contributed by atoms with E-state index in [0.29, 0.717) is 53.9 Å². The molecule has 15 heteroatoms. The first-order valence-electron chi connectivity index (χ1n) is 10.6. The van der Waals surface area contributed by atoms with Crippen LogP contribution in [-0.4, -0.2) is 71.9 Å². The van der Waals surface area contributed by atoms with Crippen LogP contribution in [0.4, 0.5) is 14.5 Å². The molecule has 1 aliphatic carbocycles. The summed E-state index contributed by atoms with van der Waals surface area (Å²) in [4.78, 5) is 15.6. The van der Waals surface area contributed by atoms with E-state index in [1.54, 1.807) is 14.1 Å². The molecule has 1 aliphatic heterocycles. The van der Waals surface area contributed by atoms with Crippen molar-refractivity contribution in [3.05, 3.63) is 23.3 Å². The van der Waals surface area contributed by atoms with Crippen LogP contribution in [0.5, 0.6) is 0 Å². The van der Waals surface area contributed by atoms with Crippen LogP contribution >= 0.6 is 11.3 Å². The van der Waals surface area contributed by atoms with Crippen LogP contribution in [-0.2, 0) is 14.8 Å². The monoisotopic (exact) mass is 524 g/mol. The SMILES string of the molecule is CN(C)C(=O)C1CN(c2cc(S(=O)(=O)NC3(C#N)CC3)cc3c2cnn3-c2nnc(C(F)F)s2)C1.[HH]. The zero-order chi connectivity index (χ0) is 25.1. The highest BCUT2D eigenvalue weighted by molar-refractivity contribution is 7.89. The lowest BCUT2D eigenvalue weighted by Crippen LogP contribution is -2.53. The van der Waals surface area contributed by atoms with Crippen LogP contribution in [0.15, 0.2) is 23.2 Å². The Balaban J connectivity index is 0.00000304. The molecule has 1 amide bonds. The Morgan fingerprint density at radius 3 is 2.63 bits per heavy atom. The number of aromatic nitrogens is 4. The van der Waals surface area contributed by atoms with Gasteiger partial charge in [0.2, 0.25) is 21.1 Å². The molecule has 0 atom stereocenters. The Hall–Kier alpha value is -3.22. The number of nitrogens with one attached hydrogen (secondary N) is 1. The molecule has 0 spiro atoms. The minimum Gasteiger partial charge on any atom is -0.369 e. The van der Waals surface area contributed by atoms with Crippen molar-refractivity contribution >= 4 is 43.9 Å². The summed E-state index contributed by atoms with van der Waals surface area (Å²) in [6.07, 6.45) is -0.474. The molecule has 1 aromatic carbocycles. The standard InChI is InChI=1S/C20H20F2N8O3S2.H2/c1-28(2)18(31)11-8-29(9-11)14-5-12(35(32,33)27-20(10-23)3-4-20)6-15-13(14)7-24-30(15)19-26-25-17(34-19)16(21)22;/h5-7,11,16,27H,3-4,8-9H2,1-2H3;1H. The first-order valence-corrected chi connectivity index (χ1v) is 12.9. The number of alkyl halides is 2. The molecule has 186 valence electrons. The van der Waals surface area contributed by atoms with Crippen LogP contribution in [0.3, 0.4) is 0 Å². The second-order valence-electron chi connectivity index (χ2n) is 8.79. The van der Waals surface area contributed by atoms with Crippen LogP contribution in [0.2, 0.25) is 0 Å². The summed E-state index contributed by atoms with van der Waals surface area (Å²) < 4.78 is 56.3. The number of carbonyl (C=O) groups excluding carboxylic acids is 1. The molecule has 0 radical (unpaired) electrons. The number of halogens is 2. The molecular weight excluding hydrogens is 502 g/mol. The van der Waals surface area contributed by atoms with Crippen molar-refractivity contribution in [2.45, 2.75) is 29.7 Å². The van der Waals surface area contributed by atoms with Gasteiger partial charge in [0, 0.05) is 39.7 Å². The van der Waals surface area contributed by atoms with Gasteiger partial charge in [0.05, 0.1) is 28.6 Å². The Kier molecular flexibility index (Phi) is 5.49. The molecule has 2 aromatic heterocycles. The lowest BCUT2D eigenvalue weighted by Gasteiger charge is -2.41. The van der Waals surface area contributed by atoms with Gasteiger partial charge >= 0.3 is 0 Å². The quantitative estimate of drug-likeness (QED) is 0.495. The van der Waals surface area contributed by atoms with Gasteiger partial charge in [0.25, 0.3) is 6.43 Å². The van der Waals surface area contributed by atoms with Gasteiger partial charge in [-0.1, -0.05) is 11.3 Å². The molecule has 0 bridgehead atoms. The van der Waals surface area contributed by atoms with Crippen molar-refractivity contribution in [1.29, 1.82) is 5.26 Å². The van der Waals surface area contributed by atoms with E-state index in [2.05, 4.69) is 20.0 Å². The fraction of sp³-hybridized carbons (Fsp3) is 0.450. The summed E-state index contributed by atoms with van der Waals surface area (Å²) in [6.45, 7) is 0.759. The Morgan fingerprint density at radius 2 is 2.06 bits per heavy atom. The number of sulfonamides is 1. The van der Waals surface area contributed by atoms with Gasteiger partial charge in [-0.2, -0.15) is 15.1 Å². The summed E-state index contributed by atoms with van der Waals surface area (Å²) in [5.74, 6) is -0.268. The van der Waals surface area contributed by atoms with Gasteiger partial charge in [-0.3, -0.25) is 4.79 Å². The fourth-order valence-corrected chi connectivity index (χ4v) is 6.01. The number of anilines is 1. The molecular formula is C20H22F2N8O3S2. The third-order valence-electron chi connectivity index (χ3n) is 6.05. The lowest BCUT2D eigenvalue weighted by molar-refractivity contribution is -0.133. The van der Waals surface area contributed by atoms with Crippen molar-refractivity contribution < 1.29 is 23.4 Å². The number of benzene rings is 1. The van der Waals surface area contributed by atoms with E-state index < -0.39 is 27.0 Å². The van der Waals surface area contributed by atoms with Crippen molar-refractivity contribution in [1.82, 2.24) is 29.6 Å². The number of nitrogens with zero attached hydrogens (tertiary/aromatic N) is 7. The molecule has 35 heavy (non-hydrogen) atoms. The van der Waals surface area contributed by atoms with Gasteiger partial charge in [-0.25, -0.2) is 21.9 Å². The number of rotatable bonds is 7. The normalized spacial score (nSPS) is 17.4. The van der Waals surface area contributed by atoms with Gasteiger partial charge in [-0.05, 0) is 25.0 Å². The van der Waals surface area contributed by atoms with Crippen molar-refractivity contribution in [3.63, 3.8) is 0 Å². The third kappa shape index (κ3) is 4.11. The maximum absolute atomic E-state index is 13.2. The molecule has 3 aromatic rings. The number of nitriles is 1. The molecule has 0 unspecified atom stereocenters. The molecule has 2 fully saturated rings. The minimum absolute atomic E-state index is 0. The molecule has 2 aliphatic rings. The maximum atomic E-state index is 13.2. The van der Waals surface area contributed by atoms with Crippen LogP contribution in [0.1, 0.15) is 25.7 Å². The fourth-order valence-electron chi connectivity index (χ4n) is 3.93. The first kappa shape index (κ1) is 23.5. The third-order valence-corrected chi connectivity index (χ3v) is 8.48. The summed E-state index contributed by atoms with van der Waals surface area (Å²) in [6, 6.07) is 4.85. The van der Waals surface area contributed by atoms with E-state index in [1.807, 2.05) is 11.0 Å². The van der Waals surface area contributed by atoms with E-state index in [1.165, 1.54) is 27.9 Å². The predicted molar refractivity (Wildman–Crippen MR) is 124 cm³/mol. The van der Waals surface area contributed by atoms with Crippen molar-refractivity contribution in [2.24, 2.45) is 5.92 Å². The van der Waals surface area contributed by atoms with E-state index in [4.69, 9.17) is 0 Å². The van der Waals surface area contributed by atoms with Crippen LogP contribution < -0.4 is 9.62 Å². The lowest BCUT2D eigenvalue weighted by atomic mass is 9.97. The molecule has 1 saturated carbocycles. The van der Waals surface area contributed by atoms with Gasteiger partial charge < -0.3 is 9.80 Å². The number of carbonyl (C=O) groups is 1. The summed E-state index contributed by atoms with van der Waals surface area (Å²) in [5.41, 5.74) is -0.277. The second kappa shape index (κ2) is 8.18. The van der Waals surface area contributed by atoms with Gasteiger partial charge in [-0.15, -0.1) is 10.2 Å². The van der Waals surface area contributed by atoms with E-state index >= 15 is 0 Å². The highest BCUT2D eigenvalue weighted by atomic mass is 32.2. The van der Waals surface area contributed by atoms with Gasteiger partial charge in [0.15, 0.2) is 5.01 Å². The smallest absolute Gasteiger partial charge is 0.291 e. The number of hydrogen-bond acceptors (Lipinski definition) is 9. The van der Waals surface area contributed by atoms with Crippen LogP contribution in [0, 0.1) is 17.2 Å². The molecule has 1 saturated heterocycles. The van der Waals surface area contributed by atoms with E-state index in [9.17, 15) is 27.3 Å². The van der Waals surface area contributed by atoms with E-state index in [-0.39, 0.29) is 23.3 Å². The molecule has 1 N–H and O–H groups in total. The molecule has 3 heterocycles. The van der Waals surface area contributed by atoms with Crippen molar-refractivity contribution in [2.75, 3.05) is 32.1 Å². The zero-order valence-electron chi connectivity index (χ0n) is 18.6. The highest BCUT2D eigenvalue weighted by Crippen LogP contribution is 2.39. The number of amides is 1. The highest BCUT2D eigenvalue weighted by Gasteiger charge is 2.47.